The summed E-state index contributed by atoms with van der Waals surface area (Å²) in [6.07, 6.45) is 4.69. The summed E-state index contributed by atoms with van der Waals surface area (Å²) in [5.41, 5.74) is 2.62. The lowest BCUT2D eigenvalue weighted by Gasteiger charge is -2.14. The fourth-order valence-electron chi connectivity index (χ4n) is 3.05. The van der Waals surface area contributed by atoms with Gasteiger partial charge in [-0.3, -0.25) is 0 Å². The van der Waals surface area contributed by atoms with Crippen LogP contribution in [0.5, 0.6) is 5.75 Å². The molecule has 1 atom stereocenters. The molecule has 0 aliphatic rings. The van der Waals surface area contributed by atoms with Crippen molar-refractivity contribution in [2.75, 3.05) is 5.32 Å². The van der Waals surface area contributed by atoms with Crippen molar-refractivity contribution < 1.29 is 14.6 Å². The van der Waals surface area contributed by atoms with E-state index in [1.807, 2.05) is 54.6 Å². The monoisotopic (exact) mass is 427 g/mol. The maximum Gasteiger partial charge on any atom is 0.326 e. The van der Waals surface area contributed by atoms with Crippen LogP contribution in [0, 0.1) is 0 Å². The zero-order valence-electron chi connectivity index (χ0n) is 17.1. The number of nitrogens with one attached hydrogen (secondary N) is 1. The SMILES string of the molecule is O=C(O)[C@@H](Cc1ncccn1)Nc1cc(-c2ccc(OCc3ccccc3)cc2)ncn1. The van der Waals surface area contributed by atoms with E-state index in [0.717, 1.165) is 16.9 Å². The Morgan fingerprint density at radius 3 is 2.41 bits per heavy atom. The van der Waals surface area contributed by atoms with Crippen LogP contribution in [0.3, 0.4) is 0 Å². The van der Waals surface area contributed by atoms with Gasteiger partial charge in [-0.05, 0) is 35.9 Å². The predicted octanol–water partition coefficient (Wildman–Crippen LogP) is 3.62. The van der Waals surface area contributed by atoms with Gasteiger partial charge in [0.1, 0.15) is 36.4 Å². The average molecular weight is 427 g/mol. The summed E-state index contributed by atoms with van der Waals surface area (Å²) in [6.45, 7) is 0.490. The second kappa shape index (κ2) is 10.1. The van der Waals surface area contributed by atoms with Gasteiger partial charge in [0.15, 0.2) is 0 Å². The molecule has 0 saturated carbocycles. The highest BCUT2D eigenvalue weighted by molar-refractivity contribution is 5.77. The van der Waals surface area contributed by atoms with Crippen LogP contribution in [0.4, 0.5) is 5.82 Å². The van der Waals surface area contributed by atoms with Crippen LogP contribution >= 0.6 is 0 Å². The van der Waals surface area contributed by atoms with E-state index in [1.165, 1.54) is 6.33 Å². The molecule has 8 nitrogen and oxygen atoms in total. The smallest absolute Gasteiger partial charge is 0.326 e. The Balaban J connectivity index is 1.43. The number of anilines is 1. The van der Waals surface area contributed by atoms with Crippen molar-refractivity contribution in [2.45, 2.75) is 19.1 Å². The van der Waals surface area contributed by atoms with E-state index in [2.05, 4.69) is 25.3 Å². The Labute approximate surface area is 185 Å². The number of ether oxygens (including phenoxy) is 1. The Hall–Kier alpha value is -4.33. The number of carboxylic acids is 1. The fraction of sp³-hybridized carbons (Fsp3) is 0.125. The Morgan fingerprint density at radius 2 is 1.69 bits per heavy atom. The summed E-state index contributed by atoms with van der Waals surface area (Å²) in [6, 6.07) is 20.0. The zero-order valence-corrected chi connectivity index (χ0v) is 17.1. The van der Waals surface area contributed by atoms with E-state index in [4.69, 9.17) is 4.74 Å². The minimum absolute atomic E-state index is 0.128. The molecule has 0 saturated heterocycles. The van der Waals surface area contributed by atoms with Crippen LogP contribution in [0.1, 0.15) is 11.4 Å². The molecule has 2 N–H and O–H groups in total. The van der Waals surface area contributed by atoms with Crippen LogP contribution in [0.2, 0.25) is 0 Å². The van der Waals surface area contributed by atoms with Gasteiger partial charge in [-0.2, -0.15) is 0 Å². The van der Waals surface area contributed by atoms with Crippen LogP contribution in [0.25, 0.3) is 11.3 Å². The molecule has 160 valence electrons. The van der Waals surface area contributed by atoms with Gasteiger partial charge in [-0.15, -0.1) is 0 Å². The third-order valence-corrected chi connectivity index (χ3v) is 4.69. The van der Waals surface area contributed by atoms with E-state index < -0.39 is 12.0 Å². The highest BCUT2D eigenvalue weighted by Crippen LogP contribution is 2.23. The van der Waals surface area contributed by atoms with Crippen molar-refractivity contribution in [1.29, 1.82) is 0 Å². The summed E-state index contributed by atoms with van der Waals surface area (Å²) in [4.78, 5) is 28.3. The van der Waals surface area contributed by atoms with Crippen molar-refractivity contribution in [1.82, 2.24) is 19.9 Å². The molecule has 0 unspecified atom stereocenters. The molecular formula is C24H21N5O3. The van der Waals surface area contributed by atoms with Gasteiger partial charge in [-0.25, -0.2) is 24.7 Å². The van der Waals surface area contributed by atoms with Crippen LogP contribution in [0.15, 0.2) is 85.5 Å². The molecule has 4 rings (SSSR count). The lowest BCUT2D eigenvalue weighted by molar-refractivity contribution is -0.137. The van der Waals surface area contributed by atoms with Crippen molar-refractivity contribution >= 4 is 11.8 Å². The lowest BCUT2D eigenvalue weighted by atomic mass is 10.1. The Bertz CT molecular complexity index is 1160. The summed E-state index contributed by atoms with van der Waals surface area (Å²) in [5, 5.41) is 12.5. The van der Waals surface area contributed by atoms with Gasteiger partial charge in [0.05, 0.1) is 5.69 Å². The first-order valence-corrected chi connectivity index (χ1v) is 10.0. The first-order valence-electron chi connectivity index (χ1n) is 10.0. The number of aliphatic carboxylic acids is 1. The average Bonchev–Trinajstić information content (AvgIpc) is 2.84. The summed E-state index contributed by atoms with van der Waals surface area (Å²) in [5.74, 6) is 0.576. The maximum absolute atomic E-state index is 11.7. The normalized spacial score (nSPS) is 11.5. The van der Waals surface area contributed by atoms with Crippen molar-refractivity contribution in [2.24, 2.45) is 0 Å². The molecule has 0 spiro atoms. The van der Waals surface area contributed by atoms with E-state index in [1.54, 1.807) is 24.5 Å². The maximum atomic E-state index is 11.7. The minimum atomic E-state index is -1.02. The van der Waals surface area contributed by atoms with Gasteiger partial charge < -0.3 is 15.2 Å². The highest BCUT2D eigenvalue weighted by Gasteiger charge is 2.20. The number of rotatable bonds is 9. The molecule has 32 heavy (non-hydrogen) atoms. The molecule has 0 bridgehead atoms. The quantitative estimate of drug-likeness (QED) is 0.417. The van der Waals surface area contributed by atoms with Crippen LogP contribution in [-0.2, 0) is 17.8 Å². The van der Waals surface area contributed by atoms with Gasteiger partial charge in [-0.1, -0.05) is 30.3 Å². The molecule has 0 fully saturated rings. The lowest BCUT2D eigenvalue weighted by Crippen LogP contribution is -2.32. The van der Waals surface area contributed by atoms with Gasteiger partial charge in [0.25, 0.3) is 0 Å². The molecule has 4 aromatic rings. The number of carbonyl (C=O) groups is 1. The largest absolute Gasteiger partial charge is 0.489 e. The van der Waals surface area contributed by atoms with Gasteiger partial charge in [0.2, 0.25) is 0 Å². The minimum Gasteiger partial charge on any atom is -0.489 e. The molecule has 8 heteroatoms. The topological polar surface area (TPSA) is 110 Å². The number of benzene rings is 2. The molecule has 0 aliphatic heterocycles. The van der Waals surface area contributed by atoms with Gasteiger partial charge >= 0.3 is 5.97 Å². The number of nitrogens with zero attached hydrogens (tertiary/aromatic N) is 4. The van der Waals surface area contributed by atoms with E-state index in [-0.39, 0.29) is 6.42 Å². The summed E-state index contributed by atoms with van der Waals surface area (Å²) >= 11 is 0. The molecule has 2 aromatic heterocycles. The number of aromatic nitrogens is 4. The number of hydrogen-bond acceptors (Lipinski definition) is 7. The van der Waals surface area contributed by atoms with Crippen molar-refractivity contribution in [3.8, 4) is 17.0 Å². The standard InChI is InChI=1S/C24H21N5O3/c30-24(31)21(14-22-25-11-4-12-26-22)29-23-13-20(27-16-28-23)18-7-9-19(10-8-18)32-15-17-5-2-1-3-6-17/h1-13,16,21H,14-15H2,(H,30,31)(H,27,28,29)/t21-/m1/s1. The molecule has 2 aromatic carbocycles. The van der Waals surface area contributed by atoms with E-state index in [0.29, 0.717) is 23.9 Å². The molecule has 2 heterocycles. The van der Waals surface area contributed by atoms with Crippen molar-refractivity contribution in [3.05, 3.63) is 96.8 Å². The fourth-order valence-corrected chi connectivity index (χ4v) is 3.05. The first-order chi connectivity index (χ1) is 15.7. The number of carboxylic acid groups (broad SMARTS) is 1. The second-order valence-electron chi connectivity index (χ2n) is 6.99. The van der Waals surface area contributed by atoms with Gasteiger partial charge in [0, 0.05) is 30.4 Å². The Morgan fingerprint density at radius 1 is 0.938 bits per heavy atom. The summed E-state index contributed by atoms with van der Waals surface area (Å²) < 4.78 is 5.82. The zero-order chi connectivity index (χ0) is 22.2. The van der Waals surface area contributed by atoms with Crippen LogP contribution < -0.4 is 10.1 Å². The second-order valence-corrected chi connectivity index (χ2v) is 6.99. The third-order valence-electron chi connectivity index (χ3n) is 4.69. The van der Waals surface area contributed by atoms with Crippen LogP contribution in [-0.4, -0.2) is 37.1 Å². The van der Waals surface area contributed by atoms with E-state index >= 15 is 0 Å². The molecule has 0 radical (unpaired) electrons. The third kappa shape index (κ3) is 5.63. The Kier molecular flexibility index (Phi) is 6.62. The first kappa shape index (κ1) is 20.9. The molecule has 0 aliphatic carbocycles. The summed E-state index contributed by atoms with van der Waals surface area (Å²) in [7, 11) is 0. The van der Waals surface area contributed by atoms with Crippen molar-refractivity contribution in [3.63, 3.8) is 0 Å². The predicted molar refractivity (Wildman–Crippen MR) is 119 cm³/mol. The highest BCUT2D eigenvalue weighted by atomic mass is 16.5. The number of hydrogen-bond donors (Lipinski definition) is 2. The van der Waals surface area contributed by atoms with E-state index in [9.17, 15) is 9.90 Å². The molecular weight excluding hydrogens is 406 g/mol. The molecule has 0 amide bonds.